The first-order valence-electron chi connectivity index (χ1n) is 10.1. The highest BCUT2D eigenvalue weighted by atomic mass is 32.2. The standard InChI is InChI=1S/C24H25NO6S/c1-15-8-9-17-16(13-22(26)31-21(17)12-15)14-30-24(28)19(10-11-32-3)25-23(27)18-6-4-5-7-20(18)29-2/h4-9,12-13,19H,10-11,14H2,1-3H3,(H,25,27). The number of thioether (sulfide) groups is 1. The smallest absolute Gasteiger partial charge is 0.336 e. The number of aryl methyl sites for hydroxylation is 1. The lowest BCUT2D eigenvalue weighted by Gasteiger charge is -2.18. The molecule has 2 aromatic carbocycles. The number of fused-ring (bicyclic) bond motifs is 1. The van der Waals surface area contributed by atoms with Crippen LogP contribution in [0, 0.1) is 6.92 Å². The van der Waals surface area contributed by atoms with Crippen molar-refractivity contribution in [3.05, 3.63) is 75.6 Å². The average molecular weight is 456 g/mol. The summed E-state index contributed by atoms with van der Waals surface area (Å²) in [6, 6.07) is 12.7. The summed E-state index contributed by atoms with van der Waals surface area (Å²) in [7, 11) is 1.48. The molecule has 1 N–H and O–H groups in total. The third-order valence-electron chi connectivity index (χ3n) is 4.91. The first-order valence-corrected chi connectivity index (χ1v) is 11.4. The van der Waals surface area contributed by atoms with Crippen molar-refractivity contribution in [2.45, 2.75) is 26.0 Å². The van der Waals surface area contributed by atoms with Crippen molar-refractivity contribution in [3.8, 4) is 5.75 Å². The molecule has 1 amide bonds. The molecule has 168 valence electrons. The molecule has 8 heteroatoms. The third-order valence-corrected chi connectivity index (χ3v) is 5.55. The quantitative estimate of drug-likeness (QED) is 0.388. The van der Waals surface area contributed by atoms with Gasteiger partial charge in [0.05, 0.1) is 12.7 Å². The van der Waals surface area contributed by atoms with Gasteiger partial charge in [0.2, 0.25) is 0 Å². The number of para-hydroxylation sites is 1. The molecule has 3 aromatic rings. The predicted molar refractivity (Wildman–Crippen MR) is 124 cm³/mol. The molecule has 0 aliphatic heterocycles. The van der Waals surface area contributed by atoms with E-state index in [9.17, 15) is 14.4 Å². The van der Waals surface area contributed by atoms with Crippen LogP contribution in [0.3, 0.4) is 0 Å². The third kappa shape index (κ3) is 5.70. The van der Waals surface area contributed by atoms with Crippen LogP contribution in [0.5, 0.6) is 5.75 Å². The van der Waals surface area contributed by atoms with Crippen molar-refractivity contribution >= 4 is 34.6 Å². The molecule has 0 radical (unpaired) electrons. The van der Waals surface area contributed by atoms with Gasteiger partial charge in [0.1, 0.15) is 24.0 Å². The summed E-state index contributed by atoms with van der Waals surface area (Å²) < 4.78 is 16.0. The Hall–Kier alpha value is -3.26. The highest BCUT2D eigenvalue weighted by molar-refractivity contribution is 7.98. The lowest BCUT2D eigenvalue weighted by Crippen LogP contribution is -2.42. The zero-order valence-electron chi connectivity index (χ0n) is 18.2. The van der Waals surface area contributed by atoms with E-state index in [2.05, 4.69) is 5.32 Å². The van der Waals surface area contributed by atoms with Crippen molar-refractivity contribution in [1.29, 1.82) is 0 Å². The van der Waals surface area contributed by atoms with Gasteiger partial charge in [0.25, 0.3) is 5.91 Å². The molecule has 3 rings (SSSR count). The molecule has 0 fully saturated rings. The van der Waals surface area contributed by atoms with Crippen LogP contribution in [0.25, 0.3) is 11.0 Å². The van der Waals surface area contributed by atoms with Crippen LogP contribution in [-0.2, 0) is 16.1 Å². The number of carbonyl (C=O) groups is 2. The van der Waals surface area contributed by atoms with E-state index in [1.807, 2.05) is 25.3 Å². The molecule has 0 saturated heterocycles. The van der Waals surface area contributed by atoms with Crippen molar-refractivity contribution in [3.63, 3.8) is 0 Å². The van der Waals surface area contributed by atoms with Crippen molar-refractivity contribution in [1.82, 2.24) is 5.32 Å². The van der Waals surface area contributed by atoms with Crippen LogP contribution in [-0.4, -0.2) is 37.0 Å². The summed E-state index contributed by atoms with van der Waals surface area (Å²) in [5, 5.41) is 3.44. The Morgan fingerprint density at radius 3 is 2.69 bits per heavy atom. The fraction of sp³-hybridized carbons (Fsp3) is 0.292. The highest BCUT2D eigenvalue weighted by Crippen LogP contribution is 2.20. The lowest BCUT2D eigenvalue weighted by molar-refractivity contribution is -0.147. The molecule has 1 heterocycles. The SMILES string of the molecule is COc1ccccc1C(=O)NC(CCSC)C(=O)OCc1cc(=O)oc2cc(C)ccc12. The van der Waals surface area contributed by atoms with Gasteiger partial charge in [-0.3, -0.25) is 4.79 Å². The zero-order chi connectivity index (χ0) is 23.1. The second-order valence-electron chi connectivity index (χ2n) is 7.21. The molecule has 0 bridgehead atoms. The second-order valence-corrected chi connectivity index (χ2v) is 8.19. The number of carbonyl (C=O) groups excluding carboxylic acids is 2. The normalized spacial score (nSPS) is 11.7. The Kier molecular flexibility index (Phi) is 7.94. The van der Waals surface area contributed by atoms with E-state index in [0.29, 0.717) is 40.0 Å². The molecule has 0 aliphatic carbocycles. The minimum Gasteiger partial charge on any atom is -0.496 e. The number of methoxy groups -OCH3 is 1. The minimum atomic E-state index is -0.839. The van der Waals surface area contributed by atoms with Crippen molar-refractivity contribution in [2.75, 3.05) is 19.1 Å². The summed E-state index contributed by atoms with van der Waals surface area (Å²) in [5.74, 6) is 0.0747. The Labute approximate surface area is 190 Å². The number of benzene rings is 2. The number of nitrogens with one attached hydrogen (secondary N) is 1. The van der Waals surface area contributed by atoms with Crippen LogP contribution < -0.4 is 15.7 Å². The first kappa shape index (κ1) is 23.4. The van der Waals surface area contributed by atoms with E-state index in [0.717, 1.165) is 5.56 Å². The molecule has 32 heavy (non-hydrogen) atoms. The maximum atomic E-state index is 12.8. The molecule has 7 nitrogen and oxygen atoms in total. The Bertz CT molecular complexity index is 1170. The van der Waals surface area contributed by atoms with Gasteiger partial charge in [-0.2, -0.15) is 11.8 Å². The van der Waals surface area contributed by atoms with Gasteiger partial charge in [-0.05, 0) is 49.1 Å². The average Bonchev–Trinajstić information content (AvgIpc) is 2.79. The summed E-state index contributed by atoms with van der Waals surface area (Å²) in [6.45, 7) is 1.79. The topological polar surface area (TPSA) is 94.8 Å². The number of rotatable bonds is 9. The van der Waals surface area contributed by atoms with Crippen LogP contribution >= 0.6 is 11.8 Å². The van der Waals surface area contributed by atoms with Crippen LogP contribution in [0.15, 0.2) is 57.7 Å². The van der Waals surface area contributed by atoms with E-state index in [1.165, 1.54) is 13.2 Å². The van der Waals surface area contributed by atoms with E-state index in [1.54, 1.807) is 42.1 Å². The lowest BCUT2D eigenvalue weighted by atomic mass is 10.1. The van der Waals surface area contributed by atoms with Crippen molar-refractivity contribution < 1.29 is 23.5 Å². The van der Waals surface area contributed by atoms with Crippen LogP contribution in [0.4, 0.5) is 0 Å². The van der Waals surface area contributed by atoms with Gasteiger partial charge >= 0.3 is 11.6 Å². The Balaban J connectivity index is 1.76. The second kappa shape index (κ2) is 10.9. The monoisotopic (exact) mass is 455 g/mol. The highest BCUT2D eigenvalue weighted by Gasteiger charge is 2.24. The summed E-state index contributed by atoms with van der Waals surface area (Å²) >= 11 is 1.56. The molecule has 0 saturated carbocycles. The molecular formula is C24H25NO6S. The number of amides is 1. The van der Waals surface area contributed by atoms with Gasteiger partial charge in [0, 0.05) is 17.0 Å². The molecule has 1 aromatic heterocycles. The number of esters is 1. The molecule has 1 atom stereocenters. The largest absolute Gasteiger partial charge is 0.496 e. The van der Waals surface area contributed by atoms with Gasteiger partial charge in [-0.1, -0.05) is 24.3 Å². The van der Waals surface area contributed by atoms with Crippen LogP contribution in [0.2, 0.25) is 0 Å². The summed E-state index contributed by atoms with van der Waals surface area (Å²) in [6.07, 6.45) is 2.32. The van der Waals surface area contributed by atoms with Crippen LogP contribution in [0.1, 0.15) is 27.9 Å². The van der Waals surface area contributed by atoms with Gasteiger partial charge in [-0.25, -0.2) is 9.59 Å². The Morgan fingerprint density at radius 1 is 1.16 bits per heavy atom. The van der Waals surface area contributed by atoms with E-state index < -0.39 is 23.5 Å². The maximum Gasteiger partial charge on any atom is 0.336 e. The maximum absolute atomic E-state index is 12.8. The molecule has 1 unspecified atom stereocenters. The summed E-state index contributed by atoms with van der Waals surface area (Å²) in [5.41, 5.74) is 1.75. The number of hydrogen-bond donors (Lipinski definition) is 1. The van der Waals surface area contributed by atoms with E-state index >= 15 is 0 Å². The van der Waals surface area contributed by atoms with Gasteiger partial charge < -0.3 is 19.2 Å². The predicted octanol–water partition coefficient (Wildman–Crippen LogP) is 3.70. The van der Waals surface area contributed by atoms with Gasteiger partial charge in [-0.15, -0.1) is 0 Å². The Morgan fingerprint density at radius 2 is 1.94 bits per heavy atom. The fourth-order valence-corrected chi connectivity index (χ4v) is 3.73. The molecular weight excluding hydrogens is 430 g/mol. The first-order chi connectivity index (χ1) is 15.4. The van der Waals surface area contributed by atoms with Crippen molar-refractivity contribution in [2.24, 2.45) is 0 Å². The van der Waals surface area contributed by atoms with E-state index in [4.69, 9.17) is 13.9 Å². The summed E-state index contributed by atoms with van der Waals surface area (Å²) in [4.78, 5) is 37.5. The van der Waals surface area contributed by atoms with E-state index in [-0.39, 0.29) is 6.61 Å². The number of ether oxygens (including phenoxy) is 2. The molecule has 0 spiro atoms. The molecule has 0 aliphatic rings. The number of hydrogen-bond acceptors (Lipinski definition) is 7. The fourth-order valence-electron chi connectivity index (χ4n) is 3.26. The van der Waals surface area contributed by atoms with Gasteiger partial charge in [0.15, 0.2) is 0 Å². The minimum absolute atomic E-state index is 0.107. The zero-order valence-corrected chi connectivity index (χ0v) is 19.0.